The molecule has 1 aromatic carbocycles. The zero-order valence-corrected chi connectivity index (χ0v) is 9.97. The third-order valence-electron chi connectivity index (χ3n) is 2.36. The highest BCUT2D eigenvalue weighted by Crippen LogP contribution is 2.31. The van der Waals surface area contributed by atoms with Gasteiger partial charge < -0.3 is 5.11 Å². The van der Waals surface area contributed by atoms with Crippen LogP contribution in [-0.4, -0.2) is 36.4 Å². The van der Waals surface area contributed by atoms with E-state index in [9.17, 15) is 17.9 Å². The number of aliphatic hydroxyl groups excluding tert-OH is 1. The Morgan fingerprint density at radius 3 is 2.69 bits per heavy atom. The molecule has 0 amide bonds. The van der Waals surface area contributed by atoms with Crippen molar-refractivity contribution in [3.8, 4) is 0 Å². The minimum atomic E-state index is -3.14. The highest BCUT2D eigenvalue weighted by molar-refractivity contribution is 8.02. The van der Waals surface area contributed by atoms with E-state index in [2.05, 4.69) is 0 Å². The first-order valence-corrected chi connectivity index (χ1v) is 7.47. The summed E-state index contributed by atoms with van der Waals surface area (Å²) in [6, 6.07) is 5.92. The maximum Gasteiger partial charge on any atom is 0.154 e. The fraction of sp³-hybridized carbons (Fsp3) is 0.400. The Morgan fingerprint density at radius 2 is 2.12 bits per heavy atom. The fourth-order valence-electron chi connectivity index (χ4n) is 1.62. The fourth-order valence-corrected chi connectivity index (χ4v) is 5.19. The number of benzene rings is 1. The average Bonchev–Trinajstić information content (AvgIpc) is 2.39. The van der Waals surface area contributed by atoms with E-state index in [4.69, 9.17) is 0 Å². The summed E-state index contributed by atoms with van der Waals surface area (Å²) in [7, 11) is -3.14. The molecule has 2 rings (SSSR count). The van der Waals surface area contributed by atoms with E-state index in [-0.39, 0.29) is 17.3 Å². The van der Waals surface area contributed by atoms with Crippen LogP contribution in [0.4, 0.5) is 4.39 Å². The van der Waals surface area contributed by atoms with Crippen LogP contribution in [0, 0.1) is 5.82 Å². The van der Waals surface area contributed by atoms with Crippen molar-refractivity contribution in [2.75, 3.05) is 11.5 Å². The lowest BCUT2D eigenvalue weighted by molar-refractivity contribution is 0.207. The molecule has 1 N–H and O–H groups in total. The van der Waals surface area contributed by atoms with Crippen molar-refractivity contribution in [2.45, 2.75) is 16.2 Å². The van der Waals surface area contributed by atoms with E-state index in [1.807, 2.05) is 0 Å². The van der Waals surface area contributed by atoms with Gasteiger partial charge in [0.1, 0.15) is 5.82 Å². The number of rotatable bonds is 2. The van der Waals surface area contributed by atoms with Crippen LogP contribution in [0.15, 0.2) is 29.2 Å². The molecule has 0 radical (unpaired) electrons. The van der Waals surface area contributed by atoms with E-state index >= 15 is 0 Å². The van der Waals surface area contributed by atoms with E-state index < -0.39 is 21.2 Å². The first-order chi connectivity index (χ1) is 7.46. The third kappa shape index (κ3) is 2.75. The van der Waals surface area contributed by atoms with Crippen LogP contribution in [0.25, 0.3) is 0 Å². The Labute approximate surface area is 97.6 Å². The van der Waals surface area contributed by atoms with E-state index in [0.717, 1.165) is 0 Å². The molecule has 2 atom stereocenters. The second kappa shape index (κ2) is 4.35. The molecule has 0 saturated carbocycles. The van der Waals surface area contributed by atoms with Gasteiger partial charge in [0, 0.05) is 4.90 Å². The molecule has 1 fully saturated rings. The summed E-state index contributed by atoms with van der Waals surface area (Å²) in [5.74, 6) is -0.602. The molecule has 2 unspecified atom stereocenters. The van der Waals surface area contributed by atoms with Crippen molar-refractivity contribution in [2.24, 2.45) is 0 Å². The summed E-state index contributed by atoms with van der Waals surface area (Å²) >= 11 is 1.21. The molecule has 0 aromatic heterocycles. The lowest BCUT2D eigenvalue weighted by Gasteiger charge is -2.11. The maximum atomic E-state index is 12.9. The molecule has 1 heterocycles. The largest absolute Gasteiger partial charge is 0.391 e. The average molecular weight is 262 g/mol. The Kier molecular flexibility index (Phi) is 3.23. The quantitative estimate of drug-likeness (QED) is 0.866. The van der Waals surface area contributed by atoms with Crippen molar-refractivity contribution < 1.29 is 17.9 Å². The molecule has 0 aliphatic carbocycles. The number of halogens is 1. The van der Waals surface area contributed by atoms with Crippen LogP contribution >= 0.6 is 11.8 Å². The van der Waals surface area contributed by atoms with Gasteiger partial charge in [0.05, 0.1) is 22.9 Å². The second-order valence-electron chi connectivity index (χ2n) is 3.76. The van der Waals surface area contributed by atoms with Crippen molar-refractivity contribution in [1.82, 2.24) is 0 Å². The molecule has 6 heteroatoms. The minimum absolute atomic E-state index is 0.0463. The minimum Gasteiger partial charge on any atom is -0.391 e. The summed E-state index contributed by atoms with van der Waals surface area (Å²) < 4.78 is 35.4. The zero-order chi connectivity index (χ0) is 11.8. The first-order valence-electron chi connectivity index (χ1n) is 4.77. The van der Waals surface area contributed by atoms with Gasteiger partial charge in [0.15, 0.2) is 9.84 Å². The van der Waals surface area contributed by atoms with Gasteiger partial charge in [-0.05, 0) is 18.2 Å². The molecule has 1 aromatic rings. The van der Waals surface area contributed by atoms with Gasteiger partial charge in [-0.1, -0.05) is 6.07 Å². The van der Waals surface area contributed by atoms with Gasteiger partial charge >= 0.3 is 0 Å². The van der Waals surface area contributed by atoms with Crippen molar-refractivity contribution in [1.29, 1.82) is 0 Å². The standard InChI is InChI=1S/C10H11FO3S2/c11-7-2-1-3-8(4-7)15-10-6-16(13,14)5-9(10)12/h1-4,9-10,12H,5-6H2. The molecule has 0 spiro atoms. The Balaban J connectivity index is 2.11. The van der Waals surface area contributed by atoms with Crippen molar-refractivity contribution in [3.05, 3.63) is 30.1 Å². The predicted octanol–water partition coefficient (Wildman–Crippen LogP) is 1.08. The molecule has 1 aliphatic heterocycles. The van der Waals surface area contributed by atoms with Crippen LogP contribution in [-0.2, 0) is 9.84 Å². The molecule has 1 aliphatic rings. The van der Waals surface area contributed by atoms with Gasteiger partial charge in [-0.15, -0.1) is 11.8 Å². The van der Waals surface area contributed by atoms with Crippen molar-refractivity contribution in [3.63, 3.8) is 0 Å². The maximum absolute atomic E-state index is 12.9. The van der Waals surface area contributed by atoms with E-state index in [0.29, 0.717) is 4.90 Å². The molecule has 88 valence electrons. The Hall–Kier alpha value is -0.590. The van der Waals surface area contributed by atoms with Crippen molar-refractivity contribution >= 4 is 21.6 Å². The normalized spacial score (nSPS) is 28.1. The topological polar surface area (TPSA) is 54.4 Å². The predicted molar refractivity (Wildman–Crippen MR) is 60.7 cm³/mol. The summed E-state index contributed by atoms with van der Waals surface area (Å²) in [6.07, 6.45) is -0.863. The molecular weight excluding hydrogens is 251 g/mol. The Morgan fingerprint density at radius 1 is 1.38 bits per heavy atom. The second-order valence-corrected chi connectivity index (χ2v) is 7.22. The van der Waals surface area contributed by atoms with Gasteiger partial charge in [-0.3, -0.25) is 0 Å². The molecule has 16 heavy (non-hydrogen) atoms. The number of sulfone groups is 1. The van der Waals surface area contributed by atoms with Crippen LogP contribution in [0.1, 0.15) is 0 Å². The smallest absolute Gasteiger partial charge is 0.154 e. The highest BCUT2D eigenvalue weighted by atomic mass is 32.2. The number of aliphatic hydroxyl groups is 1. The zero-order valence-electron chi connectivity index (χ0n) is 8.34. The molecule has 0 bridgehead atoms. The van der Waals surface area contributed by atoms with Gasteiger partial charge in [-0.25, -0.2) is 12.8 Å². The summed E-state index contributed by atoms with van der Waals surface area (Å²) in [5, 5.41) is 9.16. The lowest BCUT2D eigenvalue weighted by Crippen LogP contribution is -2.19. The Bertz CT molecular complexity index is 487. The third-order valence-corrected chi connectivity index (χ3v) is 5.59. The molecule has 3 nitrogen and oxygen atoms in total. The number of hydrogen-bond acceptors (Lipinski definition) is 4. The van der Waals surface area contributed by atoms with Gasteiger partial charge in [0.25, 0.3) is 0 Å². The SMILES string of the molecule is O=S1(=O)CC(O)C(Sc2cccc(F)c2)C1. The first kappa shape index (κ1) is 11.9. The number of thioether (sulfide) groups is 1. The molecular formula is C10H11FO3S2. The summed E-state index contributed by atoms with van der Waals surface area (Å²) in [4.78, 5) is 0.640. The summed E-state index contributed by atoms with van der Waals surface area (Å²) in [5.41, 5.74) is 0. The van der Waals surface area contributed by atoms with Crippen LogP contribution in [0.5, 0.6) is 0 Å². The van der Waals surface area contributed by atoms with E-state index in [1.54, 1.807) is 12.1 Å². The van der Waals surface area contributed by atoms with Crippen LogP contribution in [0.2, 0.25) is 0 Å². The molecule has 1 saturated heterocycles. The van der Waals surface area contributed by atoms with Crippen LogP contribution in [0.3, 0.4) is 0 Å². The monoisotopic (exact) mass is 262 g/mol. The van der Waals surface area contributed by atoms with Crippen LogP contribution < -0.4 is 0 Å². The highest BCUT2D eigenvalue weighted by Gasteiger charge is 2.36. The lowest BCUT2D eigenvalue weighted by atomic mass is 10.3. The summed E-state index contributed by atoms with van der Waals surface area (Å²) in [6.45, 7) is 0. The van der Waals surface area contributed by atoms with Gasteiger partial charge in [-0.2, -0.15) is 0 Å². The number of hydrogen-bond donors (Lipinski definition) is 1. The van der Waals surface area contributed by atoms with E-state index in [1.165, 1.54) is 23.9 Å². The van der Waals surface area contributed by atoms with Gasteiger partial charge in [0.2, 0.25) is 0 Å².